The predicted octanol–water partition coefficient (Wildman–Crippen LogP) is 3.07. The molecule has 1 fully saturated rings. The fraction of sp³-hybridized carbons (Fsp3) is 0.611. The van der Waals surface area contributed by atoms with Gasteiger partial charge in [-0.05, 0) is 45.2 Å². The lowest BCUT2D eigenvalue weighted by atomic mass is 9.98. The zero-order valence-electron chi connectivity index (χ0n) is 14.5. The summed E-state index contributed by atoms with van der Waals surface area (Å²) in [5, 5.41) is 9.46. The van der Waals surface area contributed by atoms with Crippen LogP contribution in [0.25, 0.3) is 0 Å². The van der Waals surface area contributed by atoms with Crippen molar-refractivity contribution < 1.29 is 14.0 Å². The molecule has 1 saturated heterocycles. The van der Waals surface area contributed by atoms with Gasteiger partial charge in [0.05, 0.1) is 23.5 Å². The Morgan fingerprint density at radius 1 is 1.33 bits per heavy atom. The van der Waals surface area contributed by atoms with Gasteiger partial charge in [0.25, 0.3) is 0 Å². The summed E-state index contributed by atoms with van der Waals surface area (Å²) in [6, 6.07) is 9.09. The molecule has 24 heavy (non-hydrogen) atoms. The Morgan fingerprint density at radius 2 is 2.04 bits per heavy atom. The average Bonchev–Trinajstić information content (AvgIpc) is 2.60. The first-order valence-electron chi connectivity index (χ1n) is 8.42. The smallest absolute Gasteiger partial charge is 0.173 e. The van der Waals surface area contributed by atoms with Crippen molar-refractivity contribution in [3.8, 4) is 6.07 Å². The first-order valence-corrected chi connectivity index (χ1v) is 9.57. The molecule has 1 heterocycles. The highest BCUT2D eigenvalue weighted by Gasteiger charge is 2.30. The molecule has 0 amide bonds. The van der Waals surface area contributed by atoms with E-state index in [1.54, 1.807) is 0 Å². The zero-order valence-corrected chi connectivity index (χ0v) is 15.3. The van der Waals surface area contributed by atoms with Crippen LogP contribution in [0, 0.1) is 24.2 Å². The third-order valence-electron chi connectivity index (χ3n) is 4.38. The second kappa shape index (κ2) is 9.40. The molecular weight excluding hydrogens is 324 g/mol. The summed E-state index contributed by atoms with van der Waals surface area (Å²) < 4.78 is 26.9. The molecule has 0 radical (unpaired) electrons. The van der Waals surface area contributed by atoms with E-state index >= 15 is 0 Å². The van der Waals surface area contributed by atoms with E-state index in [0.717, 1.165) is 31.4 Å². The van der Waals surface area contributed by atoms with Crippen molar-refractivity contribution in [2.45, 2.75) is 63.4 Å². The van der Waals surface area contributed by atoms with Crippen LogP contribution in [0.15, 0.2) is 29.2 Å². The maximum Gasteiger partial charge on any atom is 0.173 e. The second-order valence-electron chi connectivity index (χ2n) is 6.30. The SMILES string of the molecule is Cc1ccc([S@+]([O-])N[C@H](C#N)[C@@H](C)[C@H](C)OC2CCCCO2)cc1. The Bertz CT molecular complexity index is 540. The average molecular weight is 350 g/mol. The van der Waals surface area contributed by atoms with Crippen LogP contribution >= 0.6 is 0 Å². The van der Waals surface area contributed by atoms with Gasteiger partial charge in [0, 0.05) is 12.5 Å². The van der Waals surface area contributed by atoms with Gasteiger partial charge in [0.15, 0.2) is 11.2 Å². The number of aryl methyl sites for hydroxylation is 1. The van der Waals surface area contributed by atoms with Crippen LogP contribution in [0.2, 0.25) is 0 Å². The summed E-state index contributed by atoms with van der Waals surface area (Å²) in [4.78, 5) is 0.664. The first kappa shape index (κ1) is 19.2. The minimum Gasteiger partial charge on any atom is -0.593 e. The lowest BCUT2D eigenvalue weighted by molar-refractivity contribution is -0.193. The van der Waals surface area contributed by atoms with E-state index in [1.165, 1.54) is 0 Å². The number of hydrogen-bond acceptors (Lipinski definition) is 5. The standard InChI is InChI=1S/C18H26N2O3S/c1-13-7-9-16(10-8-13)24(21)20-17(12-19)14(2)15(3)23-18-6-4-5-11-22-18/h7-10,14-15,17-18,20H,4-6,11H2,1-3H3/t14-,15-,17+,18?,24-/m0/s1. The van der Waals surface area contributed by atoms with Crippen LogP contribution in [0.5, 0.6) is 0 Å². The second-order valence-corrected chi connectivity index (χ2v) is 7.55. The van der Waals surface area contributed by atoms with E-state index in [1.807, 2.05) is 45.0 Å². The summed E-state index contributed by atoms with van der Waals surface area (Å²) in [5.74, 6) is -0.116. The van der Waals surface area contributed by atoms with Crippen LogP contribution in [0.1, 0.15) is 38.7 Å². The molecule has 1 aromatic rings. The lowest BCUT2D eigenvalue weighted by Gasteiger charge is -2.30. The van der Waals surface area contributed by atoms with Crippen LogP contribution in [0.3, 0.4) is 0 Å². The van der Waals surface area contributed by atoms with Gasteiger partial charge < -0.3 is 14.0 Å². The maximum absolute atomic E-state index is 12.4. The molecule has 1 aromatic carbocycles. The Hall–Kier alpha value is -1.10. The van der Waals surface area contributed by atoms with Crippen LogP contribution in [-0.4, -0.2) is 29.6 Å². The van der Waals surface area contributed by atoms with E-state index in [-0.39, 0.29) is 18.3 Å². The van der Waals surface area contributed by atoms with Crippen molar-refractivity contribution >= 4 is 11.4 Å². The van der Waals surface area contributed by atoms with E-state index < -0.39 is 17.4 Å². The van der Waals surface area contributed by atoms with E-state index in [0.29, 0.717) is 4.90 Å². The molecule has 5 nitrogen and oxygen atoms in total. The van der Waals surface area contributed by atoms with Gasteiger partial charge in [0.1, 0.15) is 6.04 Å². The van der Waals surface area contributed by atoms with Gasteiger partial charge in [-0.1, -0.05) is 24.6 Å². The minimum absolute atomic E-state index is 0.116. The van der Waals surface area contributed by atoms with Gasteiger partial charge in [-0.25, -0.2) is 0 Å². The van der Waals surface area contributed by atoms with Crippen molar-refractivity contribution in [1.82, 2.24) is 4.72 Å². The molecule has 1 unspecified atom stereocenters. The van der Waals surface area contributed by atoms with Crippen molar-refractivity contribution in [2.24, 2.45) is 5.92 Å². The minimum atomic E-state index is -1.42. The van der Waals surface area contributed by atoms with Gasteiger partial charge >= 0.3 is 0 Å². The highest BCUT2D eigenvalue weighted by molar-refractivity contribution is 7.89. The normalized spacial score (nSPS) is 23.0. The fourth-order valence-electron chi connectivity index (χ4n) is 2.55. The molecule has 0 aliphatic carbocycles. The van der Waals surface area contributed by atoms with E-state index in [2.05, 4.69) is 10.8 Å². The van der Waals surface area contributed by atoms with E-state index in [4.69, 9.17) is 9.47 Å². The van der Waals surface area contributed by atoms with Gasteiger partial charge in [-0.15, -0.1) is 4.72 Å². The van der Waals surface area contributed by atoms with Gasteiger partial charge in [-0.2, -0.15) is 5.26 Å². The Kier molecular flexibility index (Phi) is 7.53. The highest BCUT2D eigenvalue weighted by Crippen LogP contribution is 2.21. The topological polar surface area (TPSA) is 77.3 Å². The molecule has 2 rings (SSSR count). The summed E-state index contributed by atoms with van der Waals surface area (Å²) in [7, 11) is 0. The molecule has 0 bridgehead atoms. The molecule has 0 spiro atoms. The van der Waals surface area contributed by atoms with Gasteiger partial charge in [0.2, 0.25) is 0 Å². The maximum atomic E-state index is 12.4. The zero-order chi connectivity index (χ0) is 17.5. The number of ether oxygens (including phenoxy) is 2. The number of nitrogens with one attached hydrogen (secondary N) is 1. The Labute approximate surface area is 147 Å². The first-order chi connectivity index (χ1) is 11.5. The third kappa shape index (κ3) is 5.47. The Morgan fingerprint density at radius 3 is 2.62 bits per heavy atom. The molecular formula is C18H26N2O3S. The monoisotopic (exact) mass is 350 g/mol. The van der Waals surface area contributed by atoms with Gasteiger partial charge in [-0.3, -0.25) is 0 Å². The number of nitriles is 1. The molecule has 1 N–H and O–H groups in total. The number of rotatable bonds is 7. The largest absolute Gasteiger partial charge is 0.593 e. The van der Waals surface area contributed by atoms with Crippen molar-refractivity contribution in [2.75, 3.05) is 6.61 Å². The number of hydrogen-bond donors (Lipinski definition) is 1. The molecule has 0 aromatic heterocycles. The van der Waals surface area contributed by atoms with Crippen molar-refractivity contribution in [3.63, 3.8) is 0 Å². The van der Waals surface area contributed by atoms with E-state index in [9.17, 15) is 9.81 Å². The lowest BCUT2D eigenvalue weighted by Crippen LogP contribution is -2.43. The summed E-state index contributed by atoms with van der Waals surface area (Å²) in [6.45, 7) is 6.57. The quantitative estimate of drug-likeness (QED) is 0.765. The summed E-state index contributed by atoms with van der Waals surface area (Å²) in [5.41, 5.74) is 1.11. The van der Waals surface area contributed by atoms with Crippen LogP contribution < -0.4 is 4.72 Å². The molecule has 132 valence electrons. The number of benzene rings is 1. The molecule has 5 atom stereocenters. The number of nitrogens with zero attached hydrogens (tertiary/aromatic N) is 1. The summed E-state index contributed by atoms with van der Waals surface area (Å²) in [6.07, 6.45) is 2.69. The van der Waals surface area contributed by atoms with Crippen LogP contribution in [0.4, 0.5) is 0 Å². The predicted molar refractivity (Wildman–Crippen MR) is 93.4 cm³/mol. The molecule has 1 aliphatic heterocycles. The fourth-order valence-corrected chi connectivity index (χ4v) is 3.57. The van der Waals surface area contributed by atoms with Crippen molar-refractivity contribution in [3.05, 3.63) is 29.8 Å². The molecule has 6 heteroatoms. The van der Waals surface area contributed by atoms with Crippen molar-refractivity contribution in [1.29, 1.82) is 5.26 Å². The third-order valence-corrected chi connectivity index (χ3v) is 5.55. The molecule has 1 aliphatic rings. The Balaban J connectivity index is 1.91. The highest BCUT2D eigenvalue weighted by atomic mass is 32.2. The summed E-state index contributed by atoms with van der Waals surface area (Å²) >= 11 is -1.42. The van der Waals surface area contributed by atoms with Crippen LogP contribution in [-0.2, 0) is 20.8 Å². The molecule has 0 saturated carbocycles.